The molecule has 0 fully saturated rings. The van der Waals surface area contributed by atoms with Crippen LogP contribution in [0.15, 0.2) is 48.5 Å². The van der Waals surface area contributed by atoms with Gasteiger partial charge >= 0.3 is 0 Å². The zero-order valence-corrected chi connectivity index (χ0v) is 18.4. The average Bonchev–Trinajstić information content (AvgIpc) is 3.00. The van der Waals surface area contributed by atoms with Gasteiger partial charge in [0.1, 0.15) is 18.4 Å². The largest absolute Gasteiger partial charge is 0.492 e. The van der Waals surface area contributed by atoms with Gasteiger partial charge in [-0.3, -0.25) is 19.3 Å². The summed E-state index contributed by atoms with van der Waals surface area (Å²) in [5.41, 5.74) is 0.691. The molecule has 1 aliphatic heterocycles. The van der Waals surface area contributed by atoms with E-state index < -0.39 is 17.9 Å². The van der Waals surface area contributed by atoms with Gasteiger partial charge in [-0.2, -0.15) is 11.8 Å². The summed E-state index contributed by atoms with van der Waals surface area (Å²) >= 11 is 7.43. The lowest BCUT2D eigenvalue weighted by atomic mass is 10.1. The van der Waals surface area contributed by atoms with Crippen LogP contribution in [0.1, 0.15) is 27.1 Å². The molecule has 8 heteroatoms. The van der Waals surface area contributed by atoms with Crippen molar-refractivity contribution in [2.24, 2.45) is 0 Å². The third kappa shape index (κ3) is 4.79. The maximum atomic E-state index is 13.2. The van der Waals surface area contributed by atoms with Gasteiger partial charge < -0.3 is 9.64 Å². The molecule has 158 valence electrons. The van der Waals surface area contributed by atoms with Gasteiger partial charge in [0.2, 0.25) is 5.91 Å². The quantitative estimate of drug-likeness (QED) is 0.550. The predicted octanol–water partition coefficient (Wildman–Crippen LogP) is 3.60. The predicted molar refractivity (Wildman–Crippen MR) is 118 cm³/mol. The van der Waals surface area contributed by atoms with Crippen LogP contribution in [0.5, 0.6) is 5.75 Å². The van der Waals surface area contributed by atoms with Crippen molar-refractivity contribution in [2.45, 2.75) is 12.5 Å². The van der Waals surface area contributed by atoms with Crippen LogP contribution in [-0.2, 0) is 4.79 Å². The molecule has 30 heavy (non-hydrogen) atoms. The van der Waals surface area contributed by atoms with Gasteiger partial charge in [0, 0.05) is 12.1 Å². The van der Waals surface area contributed by atoms with Gasteiger partial charge in [-0.25, -0.2) is 0 Å². The molecule has 6 nitrogen and oxygen atoms in total. The summed E-state index contributed by atoms with van der Waals surface area (Å²) in [4.78, 5) is 41.5. The highest BCUT2D eigenvalue weighted by atomic mass is 35.5. The summed E-state index contributed by atoms with van der Waals surface area (Å²) in [7, 11) is 1.65. The van der Waals surface area contributed by atoms with Crippen LogP contribution in [-0.4, -0.2) is 65.8 Å². The van der Waals surface area contributed by atoms with Crippen molar-refractivity contribution in [3.8, 4) is 5.75 Å². The molecule has 0 aliphatic carbocycles. The molecule has 1 heterocycles. The fourth-order valence-electron chi connectivity index (χ4n) is 3.28. The minimum atomic E-state index is -0.842. The lowest BCUT2D eigenvalue weighted by molar-refractivity contribution is -0.134. The van der Waals surface area contributed by atoms with Gasteiger partial charge in [0.25, 0.3) is 11.8 Å². The summed E-state index contributed by atoms with van der Waals surface area (Å²) in [6.45, 7) is 0.599. The topological polar surface area (TPSA) is 66.9 Å². The van der Waals surface area contributed by atoms with E-state index in [1.807, 2.05) is 6.26 Å². The first-order valence-electron chi connectivity index (χ1n) is 9.53. The highest BCUT2D eigenvalue weighted by Gasteiger charge is 2.43. The molecular formula is C22H23ClN2O4S. The van der Waals surface area contributed by atoms with Crippen molar-refractivity contribution in [1.29, 1.82) is 0 Å². The van der Waals surface area contributed by atoms with Crippen molar-refractivity contribution in [3.05, 3.63) is 64.7 Å². The molecule has 1 aliphatic rings. The van der Waals surface area contributed by atoms with Gasteiger partial charge in [-0.05, 0) is 54.8 Å². The molecule has 0 radical (unpaired) electrons. The third-order valence-electron chi connectivity index (χ3n) is 4.90. The Bertz CT molecular complexity index is 900. The SMILES string of the molecule is CSCC[C@@H](C(=O)N(C)CCOc1ccc(Cl)cc1)N1C(=O)c2ccccc2C1=O. The second-order valence-electron chi connectivity index (χ2n) is 6.89. The molecular weight excluding hydrogens is 424 g/mol. The van der Waals surface area contributed by atoms with Crippen LogP contribution in [0.3, 0.4) is 0 Å². The monoisotopic (exact) mass is 446 g/mol. The number of benzene rings is 2. The fraction of sp³-hybridized carbons (Fsp3) is 0.318. The number of amides is 3. The summed E-state index contributed by atoms with van der Waals surface area (Å²) < 4.78 is 5.66. The molecule has 0 saturated heterocycles. The zero-order valence-electron chi connectivity index (χ0n) is 16.8. The summed E-state index contributed by atoms with van der Waals surface area (Å²) in [6.07, 6.45) is 2.32. The van der Waals surface area contributed by atoms with Crippen molar-refractivity contribution >= 4 is 41.1 Å². The number of hydrogen-bond acceptors (Lipinski definition) is 5. The van der Waals surface area contributed by atoms with Gasteiger partial charge in [-0.15, -0.1) is 0 Å². The normalized spacial score (nSPS) is 13.9. The Morgan fingerprint density at radius 1 is 1.10 bits per heavy atom. The van der Waals surface area contributed by atoms with Crippen LogP contribution in [0.2, 0.25) is 5.02 Å². The molecule has 3 rings (SSSR count). The van der Waals surface area contributed by atoms with E-state index in [0.29, 0.717) is 40.6 Å². The minimum absolute atomic E-state index is 0.279. The van der Waals surface area contributed by atoms with Crippen molar-refractivity contribution in [3.63, 3.8) is 0 Å². The Kier molecular flexibility index (Phi) is 7.39. The van der Waals surface area contributed by atoms with E-state index >= 15 is 0 Å². The van der Waals surface area contributed by atoms with Gasteiger partial charge in [0.15, 0.2) is 0 Å². The number of carbonyl (C=O) groups is 3. The van der Waals surface area contributed by atoms with Crippen molar-refractivity contribution in [2.75, 3.05) is 32.2 Å². The first-order valence-corrected chi connectivity index (χ1v) is 11.3. The number of hydrogen-bond donors (Lipinski definition) is 0. The fourth-order valence-corrected chi connectivity index (χ4v) is 3.86. The van der Waals surface area contributed by atoms with Crippen molar-refractivity contribution in [1.82, 2.24) is 9.80 Å². The molecule has 3 amide bonds. The molecule has 0 saturated carbocycles. The first-order chi connectivity index (χ1) is 14.4. The van der Waals surface area contributed by atoms with Crippen LogP contribution >= 0.6 is 23.4 Å². The third-order valence-corrected chi connectivity index (χ3v) is 5.80. The zero-order chi connectivity index (χ0) is 21.7. The summed E-state index contributed by atoms with van der Waals surface area (Å²) in [5.74, 6) is 0.193. The minimum Gasteiger partial charge on any atom is -0.492 e. The molecule has 0 bridgehead atoms. The molecule has 0 N–H and O–H groups in total. The van der Waals surface area contributed by atoms with E-state index in [2.05, 4.69) is 0 Å². The van der Waals surface area contributed by atoms with Crippen LogP contribution < -0.4 is 4.74 Å². The van der Waals surface area contributed by atoms with Crippen LogP contribution in [0.25, 0.3) is 0 Å². The number of carbonyl (C=O) groups excluding carboxylic acids is 3. The maximum Gasteiger partial charge on any atom is 0.262 e. The van der Waals surface area contributed by atoms with Crippen molar-refractivity contribution < 1.29 is 19.1 Å². The molecule has 0 aromatic heterocycles. The molecule has 0 spiro atoms. The Morgan fingerprint density at radius 3 is 2.27 bits per heavy atom. The molecule has 1 atom stereocenters. The number of fused-ring (bicyclic) bond motifs is 1. The van der Waals surface area contributed by atoms with Crippen LogP contribution in [0, 0.1) is 0 Å². The second kappa shape index (κ2) is 10.00. The van der Waals surface area contributed by atoms with E-state index in [-0.39, 0.29) is 12.5 Å². The maximum absolute atomic E-state index is 13.2. The smallest absolute Gasteiger partial charge is 0.262 e. The molecule has 2 aromatic rings. The Balaban J connectivity index is 1.68. The van der Waals surface area contributed by atoms with Crippen LogP contribution in [0.4, 0.5) is 0 Å². The molecule has 0 unspecified atom stereocenters. The van der Waals surface area contributed by atoms with E-state index in [9.17, 15) is 14.4 Å². The summed E-state index contributed by atoms with van der Waals surface area (Å²) in [5, 5.41) is 0.618. The standard InChI is InChI=1S/C22H23ClN2O4S/c1-24(12-13-29-16-9-7-15(23)8-10-16)22(28)19(11-14-30-2)25-20(26)17-5-3-4-6-18(17)21(25)27/h3-10,19H,11-14H2,1-2H3/t19-/m0/s1. The van der Waals surface area contributed by atoms with E-state index in [4.69, 9.17) is 16.3 Å². The molecule has 2 aromatic carbocycles. The average molecular weight is 447 g/mol. The number of imide groups is 1. The summed E-state index contributed by atoms with van der Waals surface area (Å²) in [6, 6.07) is 12.8. The Morgan fingerprint density at radius 2 is 1.70 bits per heavy atom. The van der Waals surface area contributed by atoms with E-state index in [1.165, 1.54) is 4.90 Å². The Labute approximate surface area is 185 Å². The first kappa shape index (κ1) is 22.2. The number of nitrogens with zero attached hydrogens (tertiary/aromatic N) is 2. The number of halogens is 1. The lowest BCUT2D eigenvalue weighted by Crippen LogP contribution is -2.51. The van der Waals surface area contributed by atoms with Gasteiger partial charge in [0.05, 0.1) is 17.7 Å². The highest BCUT2D eigenvalue weighted by molar-refractivity contribution is 7.98. The second-order valence-corrected chi connectivity index (χ2v) is 8.31. The number of thioether (sulfide) groups is 1. The highest BCUT2D eigenvalue weighted by Crippen LogP contribution is 2.27. The number of rotatable bonds is 9. The van der Waals surface area contributed by atoms with E-state index in [0.717, 1.165) is 4.90 Å². The number of ether oxygens (including phenoxy) is 1. The Hall–Kier alpha value is -2.51. The lowest BCUT2D eigenvalue weighted by Gasteiger charge is -2.29. The van der Waals surface area contributed by atoms with Gasteiger partial charge in [-0.1, -0.05) is 23.7 Å². The van der Waals surface area contributed by atoms with E-state index in [1.54, 1.807) is 67.3 Å². The number of likely N-dealkylation sites (N-methyl/N-ethyl adjacent to an activating group) is 1.